The van der Waals surface area contributed by atoms with Crippen LogP contribution in [0.5, 0.6) is 0 Å². The molecule has 0 saturated carbocycles. The summed E-state index contributed by atoms with van der Waals surface area (Å²) in [5.41, 5.74) is 1.48. The van der Waals surface area contributed by atoms with Crippen molar-refractivity contribution < 1.29 is 4.74 Å². The fraction of sp³-hybridized carbons (Fsp3) is 0.333. The first-order chi connectivity index (χ1) is 15.7. The number of H-pyrrole nitrogens is 1. The molecular formula is C21H21ClN6O2S2. The molecule has 1 N–H and O–H groups in total. The quantitative estimate of drug-likeness (QED) is 0.409. The van der Waals surface area contributed by atoms with Crippen LogP contribution in [-0.4, -0.2) is 51.0 Å². The van der Waals surface area contributed by atoms with Gasteiger partial charge in [0.1, 0.15) is 10.7 Å². The Kier molecular flexibility index (Phi) is 6.18. The van der Waals surface area contributed by atoms with Crippen molar-refractivity contribution >= 4 is 50.9 Å². The average Bonchev–Trinajstić information content (AvgIpc) is 3.43. The van der Waals surface area contributed by atoms with Gasteiger partial charge >= 0.3 is 0 Å². The van der Waals surface area contributed by atoms with Crippen molar-refractivity contribution in [3.63, 3.8) is 0 Å². The third-order valence-electron chi connectivity index (χ3n) is 5.30. The fourth-order valence-electron chi connectivity index (χ4n) is 3.73. The Hall–Kier alpha value is -2.40. The molecule has 1 fully saturated rings. The van der Waals surface area contributed by atoms with E-state index >= 15 is 0 Å². The molecule has 1 aromatic carbocycles. The number of thioether (sulfide) groups is 1. The van der Waals surface area contributed by atoms with Gasteiger partial charge in [-0.05, 0) is 13.0 Å². The van der Waals surface area contributed by atoms with E-state index in [0.29, 0.717) is 40.0 Å². The maximum absolute atomic E-state index is 12.9. The van der Waals surface area contributed by atoms with Crippen LogP contribution < -0.4 is 10.5 Å². The standard InChI is InChI=1S/C21H21ClN6O2S2/c1-2-28-20(27-7-9-30-10-8-27)25-26-21(28)32-12-16-23-18(29)17-14(11-31-19(17)24-16)13-5-3-4-6-15(13)22/h3-6,11H,2,7-10,12H2,1H3,(H,23,24,29). The first-order valence-electron chi connectivity index (χ1n) is 10.3. The van der Waals surface area contributed by atoms with Gasteiger partial charge in [0.15, 0.2) is 5.16 Å². The number of hydrogen-bond donors (Lipinski definition) is 1. The highest BCUT2D eigenvalue weighted by Gasteiger charge is 2.20. The van der Waals surface area contributed by atoms with Crippen molar-refractivity contribution in [2.45, 2.75) is 24.4 Å². The third kappa shape index (κ3) is 4.03. The maximum atomic E-state index is 12.9. The lowest BCUT2D eigenvalue weighted by Crippen LogP contribution is -2.38. The first kappa shape index (κ1) is 21.4. The summed E-state index contributed by atoms with van der Waals surface area (Å²) in [5, 5.41) is 12.7. The van der Waals surface area contributed by atoms with Gasteiger partial charge in [-0.2, -0.15) is 0 Å². The number of benzene rings is 1. The van der Waals surface area contributed by atoms with Crippen molar-refractivity contribution in [1.82, 2.24) is 24.7 Å². The van der Waals surface area contributed by atoms with Gasteiger partial charge in [0.25, 0.3) is 5.56 Å². The van der Waals surface area contributed by atoms with Gasteiger partial charge in [-0.15, -0.1) is 21.5 Å². The molecule has 0 spiro atoms. The molecule has 3 aromatic heterocycles. The molecule has 5 rings (SSSR count). The van der Waals surface area contributed by atoms with Crippen LogP contribution >= 0.6 is 34.7 Å². The largest absolute Gasteiger partial charge is 0.378 e. The molecule has 0 atom stereocenters. The summed E-state index contributed by atoms with van der Waals surface area (Å²) >= 11 is 9.31. The molecule has 8 nitrogen and oxygen atoms in total. The van der Waals surface area contributed by atoms with Crippen LogP contribution in [0.1, 0.15) is 12.7 Å². The zero-order chi connectivity index (χ0) is 22.1. The van der Waals surface area contributed by atoms with Gasteiger partial charge in [-0.1, -0.05) is 41.6 Å². The zero-order valence-corrected chi connectivity index (χ0v) is 19.8. The minimum Gasteiger partial charge on any atom is -0.378 e. The summed E-state index contributed by atoms with van der Waals surface area (Å²) in [6.07, 6.45) is 0. The lowest BCUT2D eigenvalue weighted by Gasteiger charge is -2.27. The fourth-order valence-corrected chi connectivity index (χ4v) is 5.80. The molecule has 0 amide bonds. The van der Waals surface area contributed by atoms with Gasteiger partial charge in [0.2, 0.25) is 5.95 Å². The minimum absolute atomic E-state index is 0.160. The molecule has 1 saturated heterocycles. The van der Waals surface area contributed by atoms with Crippen LogP contribution in [0.25, 0.3) is 21.3 Å². The van der Waals surface area contributed by atoms with Crippen LogP contribution in [0.4, 0.5) is 5.95 Å². The second-order valence-electron chi connectivity index (χ2n) is 7.24. The lowest BCUT2D eigenvalue weighted by molar-refractivity contribution is 0.121. The number of rotatable bonds is 6. The molecule has 1 aliphatic rings. The molecule has 166 valence electrons. The number of fused-ring (bicyclic) bond motifs is 1. The van der Waals surface area contributed by atoms with E-state index in [-0.39, 0.29) is 5.56 Å². The van der Waals surface area contributed by atoms with E-state index in [4.69, 9.17) is 21.3 Å². The molecule has 4 heterocycles. The molecule has 0 bridgehead atoms. The number of aromatic nitrogens is 5. The molecule has 4 aromatic rings. The number of halogens is 1. The van der Waals surface area contributed by atoms with E-state index in [9.17, 15) is 4.79 Å². The Morgan fingerprint density at radius 3 is 2.81 bits per heavy atom. The van der Waals surface area contributed by atoms with Crippen molar-refractivity contribution in [2.75, 3.05) is 31.2 Å². The highest BCUT2D eigenvalue weighted by Crippen LogP contribution is 2.35. The first-order valence-corrected chi connectivity index (χ1v) is 12.5. The van der Waals surface area contributed by atoms with Crippen molar-refractivity contribution in [1.29, 1.82) is 0 Å². The van der Waals surface area contributed by atoms with E-state index in [1.165, 1.54) is 23.1 Å². The van der Waals surface area contributed by atoms with E-state index in [1.54, 1.807) is 0 Å². The summed E-state index contributed by atoms with van der Waals surface area (Å²) in [4.78, 5) is 23.4. The Morgan fingerprint density at radius 2 is 2.03 bits per heavy atom. The van der Waals surface area contributed by atoms with Gasteiger partial charge in [-0.3, -0.25) is 9.36 Å². The van der Waals surface area contributed by atoms with E-state index < -0.39 is 0 Å². The number of aromatic amines is 1. The average molecular weight is 489 g/mol. The van der Waals surface area contributed by atoms with Crippen molar-refractivity contribution in [2.24, 2.45) is 0 Å². The van der Waals surface area contributed by atoms with Crippen LogP contribution in [0.3, 0.4) is 0 Å². The van der Waals surface area contributed by atoms with Crippen molar-refractivity contribution in [3.8, 4) is 11.1 Å². The van der Waals surface area contributed by atoms with Crippen LogP contribution in [0.15, 0.2) is 39.6 Å². The second-order valence-corrected chi connectivity index (χ2v) is 9.44. The molecule has 1 aliphatic heterocycles. The lowest BCUT2D eigenvalue weighted by atomic mass is 10.1. The Balaban J connectivity index is 1.39. The molecule has 0 unspecified atom stereocenters. The Bertz CT molecular complexity index is 1310. The molecule has 0 radical (unpaired) electrons. The highest BCUT2D eigenvalue weighted by atomic mass is 35.5. The Morgan fingerprint density at radius 1 is 1.22 bits per heavy atom. The predicted octanol–water partition coefficient (Wildman–Crippen LogP) is 4.05. The number of hydrogen-bond acceptors (Lipinski definition) is 8. The summed E-state index contributed by atoms with van der Waals surface area (Å²) in [6.45, 7) is 5.84. The van der Waals surface area contributed by atoms with Gasteiger partial charge in [0.05, 0.1) is 24.4 Å². The summed E-state index contributed by atoms with van der Waals surface area (Å²) in [6, 6.07) is 7.52. The number of ether oxygens (including phenoxy) is 1. The second kappa shape index (κ2) is 9.22. The number of nitrogens with zero attached hydrogens (tertiary/aromatic N) is 5. The van der Waals surface area contributed by atoms with Crippen molar-refractivity contribution in [3.05, 3.63) is 50.8 Å². The van der Waals surface area contributed by atoms with Gasteiger partial charge < -0.3 is 14.6 Å². The summed E-state index contributed by atoms with van der Waals surface area (Å²) in [7, 11) is 0. The molecule has 0 aliphatic carbocycles. The SMILES string of the molecule is CCn1c(SCc2nc3scc(-c4ccccc4Cl)c3c(=O)[nH]2)nnc1N1CCOCC1. The molecule has 11 heteroatoms. The molecule has 32 heavy (non-hydrogen) atoms. The van der Waals surface area contributed by atoms with E-state index in [1.807, 2.05) is 29.6 Å². The highest BCUT2D eigenvalue weighted by molar-refractivity contribution is 7.98. The Labute approximate surface area is 197 Å². The smallest absolute Gasteiger partial charge is 0.260 e. The number of nitrogens with one attached hydrogen (secondary N) is 1. The predicted molar refractivity (Wildman–Crippen MR) is 129 cm³/mol. The van der Waals surface area contributed by atoms with Crippen LogP contribution in [0, 0.1) is 0 Å². The zero-order valence-electron chi connectivity index (χ0n) is 17.4. The van der Waals surface area contributed by atoms with Gasteiger partial charge in [0, 0.05) is 41.2 Å². The number of thiophene rings is 1. The summed E-state index contributed by atoms with van der Waals surface area (Å²) < 4.78 is 7.53. The molecular weight excluding hydrogens is 468 g/mol. The monoisotopic (exact) mass is 488 g/mol. The third-order valence-corrected chi connectivity index (χ3v) is 7.48. The maximum Gasteiger partial charge on any atom is 0.260 e. The normalized spacial score (nSPS) is 14.4. The van der Waals surface area contributed by atoms with E-state index in [0.717, 1.165) is 41.9 Å². The van der Waals surface area contributed by atoms with Gasteiger partial charge in [-0.25, -0.2) is 4.98 Å². The minimum atomic E-state index is -0.160. The number of morpholine rings is 1. The van der Waals surface area contributed by atoms with E-state index in [2.05, 4.69) is 31.6 Å². The summed E-state index contributed by atoms with van der Waals surface area (Å²) in [5.74, 6) is 1.96. The number of anilines is 1. The topological polar surface area (TPSA) is 88.9 Å². The van der Waals surface area contributed by atoms with Crippen LogP contribution in [-0.2, 0) is 17.0 Å². The van der Waals surface area contributed by atoms with Crippen LogP contribution in [0.2, 0.25) is 5.02 Å².